The molecule has 5 heteroatoms. The highest BCUT2D eigenvalue weighted by atomic mass is 16.5. The van der Waals surface area contributed by atoms with Crippen molar-refractivity contribution in [3.05, 3.63) is 17.7 Å². The van der Waals surface area contributed by atoms with Crippen molar-refractivity contribution in [2.45, 2.75) is 25.8 Å². The lowest BCUT2D eigenvalue weighted by Crippen LogP contribution is -2.15. The van der Waals surface area contributed by atoms with E-state index in [-0.39, 0.29) is 5.75 Å². The van der Waals surface area contributed by atoms with E-state index in [9.17, 15) is 5.11 Å². The third-order valence-electron chi connectivity index (χ3n) is 3.07. The van der Waals surface area contributed by atoms with Gasteiger partial charge in [0.05, 0.1) is 14.2 Å². The zero-order valence-corrected chi connectivity index (χ0v) is 12.6. The van der Waals surface area contributed by atoms with Gasteiger partial charge in [-0.05, 0) is 43.5 Å². The van der Waals surface area contributed by atoms with Crippen molar-refractivity contribution in [3.8, 4) is 17.2 Å². The molecule has 0 heterocycles. The molecule has 0 atom stereocenters. The molecular weight excluding hydrogens is 258 g/mol. The first-order valence-corrected chi connectivity index (χ1v) is 6.86. The Bertz CT molecular complexity index is 370. The number of methoxy groups -OCH3 is 3. The van der Waals surface area contributed by atoms with Crippen LogP contribution in [0.5, 0.6) is 17.2 Å². The number of aromatic hydroxyl groups is 1. The van der Waals surface area contributed by atoms with Gasteiger partial charge in [-0.2, -0.15) is 0 Å². The van der Waals surface area contributed by atoms with Crippen LogP contribution in [0.1, 0.15) is 24.8 Å². The first kappa shape index (κ1) is 16.6. The van der Waals surface area contributed by atoms with Crippen LogP contribution in [-0.2, 0) is 11.3 Å². The normalized spacial score (nSPS) is 10.6. The lowest BCUT2D eigenvalue weighted by atomic mass is 10.1. The molecule has 2 N–H and O–H groups in total. The Labute approximate surface area is 120 Å². The minimum Gasteiger partial charge on any atom is -0.502 e. The number of ether oxygens (including phenoxy) is 3. The molecule has 0 amide bonds. The van der Waals surface area contributed by atoms with Crippen molar-refractivity contribution in [1.29, 1.82) is 0 Å². The van der Waals surface area contributed by atoms with Gasteiger partial charge in [-0.25, -0.2) is 0 Å². The van der Waals surface area contributed by atoms with Gasteiger partial charge in [0.25, 0.3) is 0 Å². The first-order valence-electron chi connectivity index (χ1n) is 6.86. The van der Waals surface area contributed by atoms with Crippen LogP contribution in [0.25, 0.3) is 0 Å². The van der Waals surface area contributed by atoms with Gasteiger partial charge in [0.15, 0.2) is 11.5 Å². The van der Waals surface area contributed by atoms with Crippen molar-refractivity contribution < 1.29 is 19.3 Å². The van der Waals surface area contributed by atoms with Gasteiger partial charge in [0.2, 0.25) is 5.75 Å². The van der Waals surface area contributed by atoms with E-state index in [4.69, 9.17) is 14.2 Å². The molecule has 0 spiro atoms. The maximum atomic E-state index is 9.82. The van der Waals surface area contributed by atoms with Crippen LogP contribution in [0.3, 0.4) is 0 Å². The molecule has 1 aromatic rings. The minimum atomic E-state index is 0.0401. The fourth-order valence-corrected chi connectivity index (χ4v) is 1.96. The van der Waals surface area contributed by atoms with Crippen LogP contribution in [0.4, 0.5) is 0 Å². The fourth-order valence-electron chi connectivity index (χ4n) is 1.96. The molecular formula is C15H25NO4. The maximum absolute atomic E-state index is 9.82. The highest BCUT2D eigenvalue weighted by Crippen LogP contribution is 2.36. The molecule has 0 unspecified atom stereocenters. The highest BCUT2D eigenvalue weighted by molar-refractivity contribution is 5.52. The predicted octanol–water partition coefficient (Wildman–Crippen LogP) is 2.32. The van der Waals surface area contributed by atoms with Crippen molar-refractivity contribution in [3.63, 3.8) is 0 Å². The SMILES string of the molecule is COCCCCCNCc1cc(OC)c(O)c(OC)c1. The molecule has 20 heavy (non-hydrogen) atoms. The van der Waals surface area contributed by atoms with Crippen molar-refractivity contribution >= 4 is 0 Å². The summed E-state index contributed by atoms with van der Waals surface area (Å²) in [6, 6.07) is 3.63. The van der Waals surface area contributed by atoms with E-state index < -0.39 is 0 Å². The van der Waals surface area contributed by atoms with Crippen LogP contribution < -0.4 is 14.8 Å². The van der Waals surface area contributed by atoms with Crippen LogP contribution in [0.2, 0.25) is 0 Å². The molecule has 0 radical (unpaired) electrons. The molecule has 0 saturated heterocycles. The average molecular weight is 283 g/mol. The third kappa shape index (κ3) is 5.27. The highest BCUT2D eigenvalue weighted by Gasteiger charge is 2.10. The Morgan fingerprint density at radius 3 is 2.20 bits per heavy atom. The summed E-state index contributed by atoms with van der Waals surface area (Å²) < 4.78 is 15.3. The Kier molecular flexibility index (Phi) is 7.84. The van der Waals surface area contributed by atoms with E-state index in [1.165, 1.54) is 14.2 Å². The largest absolute Gasteiger partial charge is 0.502 e. The average Bonchev–Trinajstić information content (AvgIpc) is 2.47. The summed E-state index contributed by atoms with van der Waals surface area (Å²) in [6.07, 6.45) is 3.37. The lowest BCUT2D eigenvalue weighted by molar-refractivity contribution is 0.192. The Morgan fingerprint density at radius 2 is 1.65 bits per heavy atom. The molecule has 0 fully saturated rings. The summed E-state index contributed by atoms with van der Waals surface area (Å²) in [5.74, 6) is 0.904. The van der Waals surface area contributed by atoms with Gasteiger partial charge in [0, 0.05) is 20.3 Å². The third-order valence-corrected chi connectivity index (χ3v) is 3.07. The number of phenolic OH excluding ortho intramolecular Hbond substituents is 1. The van der Waals surface area contributed by atoms with Gasteiger partial charge in [-0.3, -0.25) is 0 Å². The lowest BCUT2D eigenvalue weighted by Gasteiger charge is -2.12. The maximum Gasteiger partial charge on any atom is 0.200 e. The zero-order valence-electron chi connectivity index (χ0n) is 12.6. The van der Waals surface area contributed by atoms with E-state index in [1.807, 2.05) is 12.1 Å². The van der Waals surface area contributed by atoms with Crippen molar-refractivity contribution in [2.24, 2.45) is 0 Å². The number of hydrogen-bond acceptors (Lipinski definition) is 5. The smallest absolute Gasteiger partial charge is 0.200 e. The molecule has 0 aliphatic rings. The molecule has 0 saturated carbocycles. The first-order chi connectivity index (χ1) is 9.72. The minimum absolute atomic E-state index is 0.0401. The zero-order chi connectivity index (χ0) is 14.8. The van der Waals surface area contributed by atoms with Crippen LogP contribution in [0, 0.1) is 0 Å². The Hall–Kier alpha value is -1.46. The number of nitrogens with one attached hydrogen (secondary N) is 1. The van der Waals surface area contributed by atoms with Gasteiger partial charge < -0.3 is 24.6 Å². The van der Waals surface area contributed by atoms with E-state index in [2.05, 4.69) is 5.32 Å². The van der Waals surface area contributed by atoms with E-state index in [0.29, 0.717) is 11.5 Å². The Morgan fingerprint density at radius 1 is 1.00 bits per heavy atom. The molecule has 0 aliphatic carbocycles. The van der Waals surface area contributed by atoms with Crippen LogP contribution in [-0.4, -0.2) is 39.6 Å². The van der Waals surface area contributed by atoms with Crippen molar-refractivity contribution in [2.75, 3.05) is 34.5 Å². The number of rotatable bonds is 10. The van der Waals surface area contributed by atoms with Crippen LogP contribution >= 0.6 is 0 Å². The molecule has 0 aromatic heterocycles. The molecule has 1 aromatic carbocycles. The topological polar surface area (TPSA) is 60.0 Å². The number of hydrogen-bond donors (Lipinski definition) is 2. The monoisotopic (exact) mass is 283 g/mol. The van der Waals surface area contributed by atoms with Gasteiger partial charge in [0.1, 0.15) is 0 Å². The van der Waals surface area contributed by atoms with Crippen molar-refractivity contribution in [1.82, 2.24) is 5.32 Å². The number of phenols is 1. The second-order valence-electron chi connectivity index (χ2n) is 4.58. The summed E-state index contributed by atoms with van der Waals surface area (Å²) >= 11 is 0. The number of benzene rings is 1. The fraction of sp³-hybridized carbons (Fsp3) is 0.600. The van der Waals surface area contributed by atoms with E-state index >= 15 is 0 Å². The second-order valence-corrected chi connectivity index (χ2v) is 4.58. The summed E-state index contributed by atoms with van der Waals surface area (Å²) in [7, 11) is 4.78. The van der Waals surface area contributed by atoms with Gasteiger partial charge in [-0.1, -0.05) is 0 Å². The second kappa shape index (κ2) is 9.44. The number of unbranched alkanes of at least 4 members (excludes halogenated alkanes) is 2. The van der Waals surface area contributed by atoms with E-state index in [1.54, 1.807) is 7.11 Å². The Balaban J connectivity index is 2.40. The molecule has 0 aliphatic heterocycles. The predicted molar refractivity (Wildman–Crippen MR) is 78.6 cm³/mol. The standard InChI is InChI=1S/C15H25NO4/c1-18-8-6-4-5-7-16-11-12-9-13(19-2)15(17)14(10-12)20-3/h9-10,16-17H,4-8,11H2,1-3H3. The van der Waals surface area contributed by atoms with Gasteiger partial charge in [-0.15, -0.1) is 0 Å². The molecule has 5 nitrogen and oxygen atoms in total. The molecule has 114 valence electrons. The molecule has 1 rings (SSSR count). The summed E-state index contributed by atoms with van der Waals surface area (Å²) in [6.45, 7) is 2.50. The van der Waals surface area contributed by atoms with Gasteiger partial charge >= 0.3 is 0 Å². The van der Waals surface area contributed by atoms with Crippen LogP contribution in [0.15, 0.2) is 12.1 Å². The molecule has 0 bridgehead atoms. The summed E-state index contributed by atoms with van der Waals surface area (Å²) in [5, 5.41) is 13.2. The van der Waals surface area contributed by atoms with E-state index in [0.717, 1.165) is 44.5 Å². The quantitative estimate of drug-likeness (QED) is 0.645. The summed E-state index contributed by atoms with van der Waals surface area (Å²) in [5.41, 5.74) is 1.02. The summed E-state index contributed by atoms with van der Waals surface area (Å²) in [4.78, 5) is 0.